The van der Waals surface area contributed by atoms with Gasteiger partial charge in [-0.3, -0.25) is 4.79 Å². The normalized spacial score (nSPS) is 12.1. The van der Waals surface area contributed by atoms with E-state index < -0.39 is 0 Å². The molecule has 0 aliphatic carbocycles. The summed E-state index contributed by atoms with van der Waals surface area (Å²) in [5, 5.41) is 0.890. The van der Waals surface area contributed by atoms with Crippen molar-refractivity contribution in [1.82, 2.24) is 9.55 Å². The Balaban J connectivity index is 2.13. The monoisotopic (exact) mass is 378 g/mol. The van der Waals surface area contributed by atoms with Gasteiger partial charge in [0, 0.05) is 7.05 Å². The first-order chi connectivity index (χ1) is 13.5. The van der Waals surface area contributed by atoms with Gasteiger partial charge in [0.05, 0.1) is 21.3 Å². The molecule has 0 spiro atoms. The second-order valence-electron chi connectivity index (χ2n) is 6.09. The lowest BCUT2D eigenvalue weighted by atomic mass is 10.2. The lowest BCUT2D eigenvalue weighted by Crippen LogP contribution is -2.44. The fraction of sp³-hybridized carbons (Fsp3) is 0.182. The molecule has 0 N–H and O–H groups in total. The maximum atomic E-state index is 12.8. The van der Waals surface area contributed by atoms with E-state index in [0.717, 1.165) is 22.6 Å². The van der Waals surface area contributed by atoms with Gasteiger partial charge >= 0.3 is 0 Å². The van der Waals surface area contributed by atoms with Crippen LogP contribution in [0.25, 0.3) is 12.2 Å². The van der Waals surface area contributed by atoms with Crippen molar-refractivity contribution in [1.29, 1.82) is 0 Å². The van der Waals surface area contributed by atoms with Crippen LogP contribution in [0.15, 0.2) is 53.3 Å². The standard InChI is InChI=1S/C22H22N2O4/c1-24-20(14-16-7-11-18(27-3)12-8-16)21(28-4)23-19(22(24)25)13-15-5-9-17(26-2)10-6-15/h5-14H,1-4H3. The third-order valence-corrected chi connectivity index (χ3v) is 4.36. The second kappa shape index (κ2) is 8.43. The van der Waals surface area contributed by atoms with Gasteiger partial charge in [-0.2, -0.15) is 0 Å². The molecule has 0 fully saturated rings. The molecule has 0 aliphatic rings. The molecule has 3 rings (SSSR count). The highest BCUT2D eigenvalue weighted by atomic mass is 16.5. The molecule has 6 heteroatoms. The maximum absolute atomic E-state index is 12.8. The zero-order valence-electron chi connectivity index (χ0n) is 16.3. The maximum Gasteiger partial charge on any atom is 0.276 e. The molecule has 2 aromatic carbocycles. The van der Waals surface area contributed by atoms with Crippen molar-refractivity contribution in [2.45, 2.75) is 0 Å². The van der Waals surface area contributed by atoms with Gasteiger partial charge in [-0.1, -0.05) is 24.3 Å². The molecule has 0 radical (unpaired) electrons. The van der Waals surface area contributed by atoms with Crippen molar-refractivity contribution in [2.75, 3.05) is 21.3 Å². The molecule has 3 aromatic rings. The number of aromatic nitrogens is 2. The smallest absolute Gasteiger partial charge is 0.276 e. The minimum absolute atomic E-state index is 0.212. The summed E-state index contributed by atoms with van der Waals surface area (Å²) < 4.78 is 17.3. The Bertz CT molecular complexity index is 1130. The van der Waals surface area contributed by atoms with Crippen LogP contribution in [0.5, 0.6) is 17.4 Å². The molecule has 6 nitrogen and oxygen atoms in total. The highest BCUT2D eigenvalue weighted by molar-refractivity contribution is 5.52. The SMILES string of the molecule is COc1ccc(C=c2nc(OC)c(=Cc3ccc(OC)cc3)n(C)c2=O)cc1. The highest BCUT2D eigenvalue weighted by Gasteiger charge is 2.06. The van der Waals surface area contributed by atoms with Crippen molar-refractivity contribution >= 4 is 12.2 Å². The van der Waals surface area contributed by atoms with Gasteiger partial charge in [0.25, 0.3) is 5.56 Å². The van der Waals surface area contributed by atoms with Crippen LogP contribution >= 0.6 is 0 Å². The van der Waals surface area contributed by atoms with E-state index in [-0.39, 0.29) is 5.56 Å². The van der Waals surface area contributed by atoms with Crippen LogP contribution < -0.4 is 30.5 Å². The molecule has 0 saturated heterocycles. The van der Waals surface area contributed by atoms with Gasteiger partial charge in [0.15, 0.2) is 0 Å². The minimum Gasteiger partial charge on any atom is -0.497 e. The summed E-state index contributed by atoms with van der Waals surface area (Å²) in [6, 6.07) is 14.9. The van der Waals surface area contributed by atoms with Crippen molar-refractivity contribution < 1.29 is 14.2 Å². The Labute approximate surface area is 163 Å². The zero-order valence-corrected chi connectivity index (χ0v) is 16.3. The van der Waals surface area contributed by atoms with Gasteiger partial charge in [0.2, 0.25) is 5.88 Å². The van der Waals surface area contributed by atoms with Crippen LogP contribution in [-0.4, -0.2) is 30.9 Å². The Morgan fingerprint density at radius 2 is 1.29 bits per heavy atom. The molecule has 0 unspecified atom stereocenters. The van der Waals surface area contributed by atoms with Crippen LogP contribution in [0.1, 0.15) is 11.1 Å². The second-order valence-corrected chi connectivity index (χ2v) is 6.09. The van der Waals surface area contributed by atoms with Crippen LogP contribution in [0.3, 0.4) is 0 Å². The summed E-state index contributed by atoms with van der Waals surface area (Å²) in [4.78, 5) is 17.2. The summed E-state index contributed by atoms with van der Waals surface area (Å²) in [7, 11) is 6.47. The molecular formula is C22H22N2O4. The summed E-state index contributed by atoms with van der Waals surface area (Å²) in [6.45, 7) is 0. The fourth-order valence-electron chi connectivity index (χ4n) is 2.76. The van der Waals surface area contributed by atoms with Crippen molar-refractivity contribution in [3.05, 3.63) is 80.7 Å². The molecule has 1 heterocycles. The fourth-order valence-corrected chi connectivity index (χ4v) is 2.76. The Morgan fingerprint density at radius 3 is 1.75 bits per heavy atom. The molecule has 0 amide bonds. The average molecular weight is 378 g/mol. The average Bonchev–Trinajstić information content (AvgIpc) is 2.74. The first-order valence-corrected chi connectivity index (χ1v) is 8.68. The predicted octanol–water partition coefficient (Wildman–Crippen LogP) is 1.46. The zero-order chi connectivity index (χ0) is 20.1. The van der Waals surface area contributed by atoms with Gasteiger partial charge < -0.3 is 18.8 Å². The van der Waals surface area contributed by atoms with Gasteiger partial charge in [-0.25, -0.2) is 4.98 Å². The molecule has 0 atom stereocenters. The first-order valence-electron chi connectivity index (χ1n) is 8.68. The van der Waals surface area contributed by atoms with E-state index in [0.29, 0.717) is 16.6 Å². The van der Waals surface area contributed by atoms with E-state index in [2.05, 4.69) is 4.98 Å². The topological polar surface area (TPSA) is 62.6 Å². The van der Waals surface area contributed by atoms with E-state index in [1.54, 1.807) is 27.3 Å². The Kier molecular flexibility index (Phi) is 5.79. The molecule has 1 aromatic heterocycles. The van der Waals surface area contributed by atoms with Gasteiger partial charge in [0.1, 0.15) is 22.2 Å². The minimum atomic E-state index is -0.212. The highest BCUT2D eigenvalue weighted by Crippen LogP contribution is 2.12. The largest absolute Gasteiger partial charge is 0.497 e. The number of hydrogen-bond acceptors (Lipinski definition) is 5. The molecular weight excluding hydrogens is 356 g/mol. The Morgan fingerprint density at radius 1 is 0.786 bits per heavy atom. The number of hydrogen-bond donors (Lipinski definition) is 0. The van der Waals surface area contributed by atoms with Crippen molar-refractivity contribution in [3.63, 3.8) is 0 Å². The number of ether oxygens (including phenoxy) is 3. The van der Waals surface area contributed by atoms with Crippen LogP contribution in [0.4, 0.5) is 0 Å². The number of methoxy groups -OCH3 is 3. The molecule has 0 saturated carbocycles. The number of nitrogens with zero attached hydrogens (tertiary/aromatic N) is 2. The third-order valence-electron chi connectivity index (χ3n) is 4.36. The van der Waals surface area contributed by atoms with Crippen molar-refractivity contribution in [3.8, 4) is 17.4 Å². The summed E-state index contributed by atoms with van der Waals surface area (Å²) in [5.41, 5.74) is 1.54. The molecule has 0 bridgehead atoms. The first kappa shape index (κ1) is 19.2. The lowest BCUT2D eigenvalue weighted by molar-refractivity contribution is 0.385. The van der Waals surface area contributed by atoms with E-state index in [1.165, 1.54) is 11.7 Å². The van der Waals surface area contributed by atoms with Gasteiger partial charge in [-0.15, -0.1) is 0 Å². The van der Waals surface area contributed by atoms with Crippen molar-refractivity contribution in [2.24, 2.45) is 7.05 Å². The van der Waals surface area contributed by atoms with E-state index in [1.807, 2.05) is 54.6 Å². The predicted molar refractivity (Wildman–Crippen MR) is 108 cm³/mol. The molecule has 28 heavy (non-hydrogen) atoms. The summed E-state index contributed by atoms with van der Waals surface area (Å²) in [6.07, 6.45) is 3.57. The quantitative estimate of drug-likeness (QED) is 0.673. The molecule has 0 aliphatic heterocycles. The third kappa shape index (κ3) is 4.06. The van der Waals surface area contributed by atoms with E-state index in [4.69, 9.17) is 14.2 Å². The van der Waals surface area contributed by atoms with Crippen LogP contribution in [0, 0.1) is 0 Å². The van der Waals surface area contributed by atoms with Crippen LogP contribution in [-0.2, 0) is 7.05 Å². The van der Waals surface area contributed by atoms with Gasteiger partial charge in [-0.05, 0) is 47.5 Å². The Hall–Kier alpha value is -3.54. The van der Waals surface area contributed by atoms with E-state index >= 15 is 0 Å². The summed E-state index contributed by atoms with van der Waals surface area (Å²) in [5.74, 6) is 1.89. The molecule has 144 valence electrons. The van der Waals surface area contributed by atoms with Crippen LogP contribution in [0.2, 0.25) is 0 Å². The number of rotatable bonds is 5. The number of benzene rings is 2. The lowest BCUT2D eigenvalue weighted by Gasteiger charge is -2.06. The summed E-state index contributed by atoms with van der Waals surface area (Å²) >= 11 is 0. The van der Waals surface area contributed by atoms with E-state index in [9.17, 15) is 4.79 Å².